The summed E-state index contributed by atoms with van der Waals surface area (Å²) in [5, 5.41) is 10.6. The molecule has 0 aromatic heterocycles. The molecule has 0 aliphatic heterocycles. The van der Waals surface area contributed by atoms with Gasteiger partial charge >= 0.3 is 5.97 Å². The zero-order chi connectivity index (χ0) is 23.1. The maximum atomic E-state index is 13.2. The van der Waals surface area contributed by atoms with Gasteiger partial charge in [0, 0.05) is 12.5 Å². The number of aliphatic hydroxyl groups excluding tert-OH is 1. The second-order valence-electron chi connectivity index (χ2n) is 10.0. The van der Waals surface area contributed by atoms with E-state index in [0.29, 0.717) is 13.2 Å². The molecule has 1 unspecified atom stereocenters. The topological polar surface area (TPSA) is 72.8 Å². The normalized spacial score (nSPS) is 16.4. The maximum Gasteiger partial charge on any atom is 0.308 e. The first kappa shape index (κ1) is 26.3. The third kappa shape index (κ3) is 8.19. The number of esters is 1. The first-order valence-corrected chi connectivity index (χ1v) is 10.8. The van der Waals surface area contributed by atoms with Gasteiger partial charge in [-0.3, -0.25) is 9.59 Å². The molecule has 0 radical (unpaired) electrons. The van der Waals surface area contributed by atoms with Crippen LogP contribution >= 0.6 is 0 Å². The van der Waals surface area contributed by atoms with Crippen molar-refractivity contribution in [2.24, 2.45) is 23.2 Å². The molecule has 0 heterocycles. The molecule has 0 aliphatic carbocycles. The lowest BCUT2D eigenvalue weighted by molar-refractivity contribution is -0.160. The summed E-state index contributed by atoms with van der Waals surface area (Å²) < 4.78 is 11.1. The maximum absolute atomic E-state index is 13.2. The monoisotopic (exact) mass is 420 g/mol. The van der Waals surface area contributed by atoms with Crippen molar-refractivity contribution in [2.45, 2.75) is 80.1 Å². The molecule has 0 amide bonds. The van der Waals surface area contributed by atoms with E-state index in [4.69, 9.17) is 9.47 Å². The lowest BCUT2D eigenvalue weighted by Gasteiger charge is -2.35. The summed E-state index contributed by atoms with van der Waals surface area (Å²) in [7, 11) is 0. The van der Waals surface area contributed by atoms with Crippen LogP contribution in [0.25, 0.3) is 0 Å². The fourth-order valence-electron chi connectivity index (χ4n) is 3.37. The van der Waals surface area contributed by atoms with E-state index in [-0.39, 0.29) is 30.0 Å². The molecule has 0 fully saturated rings. The highest BCUT2D eigenvalue weighted by molar-refractivity contribution is 5.87. The second-order valence-corrected chi connectivity index (χ2v) is 10.0. The molecule has 0 spiro atoms. The van der Waals surface area contributed by atoms with Crippen molar-refractivity contribution in [1.82, 2.24) is 0 Å². The summed E-state index contributed by atoms with van der Waals surface area (Å²) in [6, 6.07) is 9.98. The quantitative estimate of drug-likeness (QED) is 0.521. The van der Waals surface area contributed by atoms with Crippen LogP contribution in [0.4, 0.5) is 0 Å². The number of benzene rings is 1. The minimum Gasteiger partial charge on any atom is -0.460 e. The van der Waals surface area contributed by atoms with E-state index in [1.807, 2.05) is 44.2 Å². The number of aliphatic hydroxyl groups is 1. The second kappa shape index (κ2) is 11.1. The van der Waals surface area contributed by atoms with E-state index < -0.39 is 23.1 Å². The zero-order valence-corrected chi connectivity index (χ0v) is 19.9. The third-order valence-electron chi connectivity index (χ3n) is 5.84. The molecule has 1 aromatic carbocycles. The Morgan fingerprint density at radius 1 is 1.00 bits per heavy atom. The third-order valence-corrected chi connectivity index (χ3v) is 5.84. The number of hydrogen-bond acceptors (Lipinski definition) is 5. The Morgan fingerprint density at radius 2 is 1.57 bits per heavy atom. The number of rotatable bonds is 11. The van der Waals surface area contributed by atoms with E-state index in [0.717, 1.165) is 5.56 Å². The smallest absolute Gasteiger partial charge is 0.308 e. The minimum absolute atomic E-state index is 0.0547. The highest BCUT2D eigenvalue weighted by atomic mass is 16.6. The molecule has 0 saturated heterocycles. The van der Waals surface area contributed by atoms with Crippen molar-refractivity contribution >= 4 is 11.8 Å². The van der Waals surface area contributed by atoms with Crippen molar-refractivity contribution in [3.63, 3.8) is 0 Å². The van der Waals surface area contributed by atoms with Crippen LogP contribution in [0.1, 0.15) is 67.4 Å². The molecule has 5 nitrogen and oxygen atoms in total. The lowest BCUT2D eigenvalue weighted by atomic mass is 9.71. The molecule has 0 aliphatic rings. The van der Waals surface area contributed by atoms with Crippen molar-refractivity contribution in [2.75, 3.05) is 6.61 Å². The van der Waals surface area contributed by atoms with Crippen molar-refractivity contribution < 1.29 is 24.2 Å². The van der Waals surface area contributed by atoms with Crippen LogP contribution in [0.15, 0.2) is 30.3 Å². The van der Waals surface area contributed by atoms with Gasteiger partial charge in [0.15, 0.2) is 0 Å². The average Bonchev–Trinajstić information content (AvgIpc) is 2.65. The molecule has 5 heteroatoms. The standard InChI is InChI=1S/C25H40O5/c1-17(15-29-16-20-12-10-9-11-13-20)18(2)19(3)23(28)25(7,8)21(26)14-22(27)30-24(4,5)6/h9-13,17-19,21,26H,14-16H2,1-8H3/t17-,18-,19+,21?/m0/s1. The first-order valence-electron chi connectivity index (χ1n) is 10.8. The molecule has 0 saturated carbocycles. The summed E-state index contributed by atoms with van der Waals surface area (Å²) in [6.07, 6.45) is -1.30. The van der Waals surface area contributed by atoms with Crippen LogP contribution in [0.5, 0.6) is 0 Å². The fourth-order valence-corrected chi connectivity index (χ4v) is 3.37. The van der Waals surface area contributed by atoms with E-state index in [1.165, 1.54) is 0 Å². The Balaban J connectivity index is 2.62. The summed E-state index contributed by atoms with van der Waals surface area (Å²) in [5.41, 5.74) is -0.551. The van der Waals surface area contributed by atoms with Gasteiger partial charge in [-0.05, 0) is 38.2 Å². The Morgan fingerprint density at radius 3 is 2.10 bits per heavy atom. The molecule has 1 aromatic rings. The number of ketones is 1. The van der Waals surface area contributed by atoms with Crippen molar-refractivity contribution in [1.29, 1.82) is 0 Å². The SMILES string of the molecule is C[C@@H]([C@@H](C)COCc1ccccc1)[C@@H](C)C(=O)C(C)(C)C(O)CC(=O)OC(C)(C)C. The fraction of sp³-hybridized carbons (Fsp3) is 0.680. The predicted octanol–water partition coefficient (Wildman–Crippen LogP) is 4.80. The molecular weight excluding hydrogens is 380 g/mol. The number of hydrogen-bond donors (Lipinski definition) is 1. The van der Waals surface area contributed by atoms with Crippen LogP contribution in [0.2, 0.25) is 0 Å². The van der Waals surface area contributed by atoms with Crippen LogP contribution in [-0.4, -0.2) is 35.2 Å². The lowest BCUT2D eigenvalue weighted by Crippen LogP contribution is -2.44. The number of carbonyl (C=O) groups is 2. The van der Waals surface area contributed by atoms with Gasteiger partial charge in [-0.1, -0.05) is 65.0 Å². The first-order chi connectivity index (χ1) is 13.8. The van der Waals surface area contributed by atoms with Crippen LogP contribution in [-0.2, 0) is 25.7 Å². The van der Waals surface area contributed by atoms with E-state index in [1.54, 1.807) is 34.6 Å². The largest absolute Gasteiger partial charge is 0.460 e. The average molecular weight is 421 g/mol. The van der Waals surface area contributed by atoms with Gasteiger partial charge in [0.1, 0.15) is 11.4 Å². The van der Waals surface area contributed by atoms with Gasteiger partial charge in [0.25, 0.3) is 0 Å². The van der Waals surface area contributed by atoms with Crippen LogP contribution < -0.4 is 0 Å². The zero-order valence-electron chi connectivity index (χ0n) is 19.9. The minimum atomic E-state index is -1.10. The summed E-state index contributed by atoms with van der Waals surface area (Å²) in [5.74, 6) is -0.587. The van der Waals surface area contributed by atoms with E-state index in [2.05, 4.69) is 6.92 Å². The van der Waals surface area contributed by atoms with Gasteiger partial charge in [-0.2, -0.15) is 0 Å². The van der Waals surface area contributed by atoms with Crippen molar-refractivity contribution in [3.05, 3.63) is 35.9 Å². The molecule has 170 valence electrons. The number of carbonyl (C=O) groups excluding carboxylic acids is 2. The highest BCUT2D eigenvalue weighted by Gasteiger charge is 2.41. The Kier molecular flexibility index (Phi) is 9.70. The summed E-state index contributed by atoms with van der Waals surface area (Å²) >= 11 is 0. The molecular formula is C25H40O5. The summed E-state index contributed by atoms with van der Waals surface area (Å²) in [4.78, 5) is 25.2. The van der Waals surface area contributed by atoms with Crippen LogP contribution in [0.3, 0.4) is 0 Å². The molecule has 1 rings (SSSR count). The molecule has 0 bridgehead atoms. The van der Waals surface area contributed by atoms with E-state index in [9.17, 15) is 14.7 Å². The van der Waals surface area contributed by atoms with Gasteiger partial charge in [-0.15, -0.1) is 0 Å². The van der Waals surface area contributed by atoms with Gasteiger partial charge in [0.05, 0.1) is 24.5 Å². The van der Waals surface area contributed by atoms with Gasteiger partial charge in [0.2, 0.25) is 0 Å². The highest BCUT2D eigenvalue weighted by Crippen LogP contribution is 2.33. The number of ether oxygens (including phenoxy) is 2. The Bertz CT molecular complexity index is 675. The molecule has 4 atom stereocenters. The Hall–Kier alpha value is -1.72. The Labute approximate surface area is 182 Å². The van der Waals surface area contributed by atoms with Gasteiger partial charge < -0.3 is 14.6 Å². The van der Waals surface area contributed by atoms with Crippen molar-refractivity contribution in [3.8, 4) is 0 Å². The predicted molar refractivity (Wildman–Crippen MR) is 119 cm³/mol. The molecule has 30 heavy (non-hydrogen) atoms. The number of Topliss-reactive ketones (excluding diaryl/α,β-unsaturated/α-hetero) is 1. The van der Waals surface area contributed by atoms with Crippen LogP contribution in [0, 0.1) is 23.2 Å². The summed E-state index contributed by atoms with van der Waals surface area (Å²) in [6.45, 7) is 15.8. The van der Waals surface area contributed by atoms with Gasteiger partial charge in [-0.25, -0.2) is 0 Å². The molecule has 1 N–H and O–H groups in total. The van der Waals surface area contributed by atoms with E-state index >= 15 is 0 Å².